The fraction of sp³-hybridized carbons (Fsp3) is 0.533. The summed E-state index contributed by atoms with van der Waals surface area (Å²) in [6.07, 6.45) is 2.85. The van der Waals surface area contributed by atoms with Gasteiger partial charge >= 0.3 is 0 Å². The maximum atomic E-state index is 11.4. The lowest BCUT2D eigenvalue weighted by atomic mass is 9.80. The average Bonchev–Trinajstić information content (AvgIpc) is 2.39. The molecule has 0 saturated carbocycles. The molecule has 1 aliphatic rings. The summed E-state index contributed by atoms with van der Waals surface area (Å²) in [5, 5.41) is 0. The second-order valence-electron chi connectivity index (χ2n) is 5.50. The summed E-state index contributed by atoms with van der Waals surface area (Å²) in [5.74, 6) is -0.148. The van der Waals surface area contributed by atoms with Crippen LogP contribution in [0.2, 0.25) is 0 Å². The quantitative estimate of drug-likeness (QED) is 0.881. The monoisotopic (exact) mass is 246 g/mol. The van der Waals surface area contributed by atoms with Crippen LogP contribution in [0.3, 0.4) is 0 Å². The van der Waals surface area contributed by atoms with Gasteiger partial charge in [-0.05, 0) is 37.9 Å². The molecule has 1 aliphatic heterocycles. The van der Waals surface area contributed by atoms with Crippen LogP contribution in [0.25, 0.3) is 0 Å². The van der Waals surface area contributed by atoms with Crippen molar-refractivity contribution in [2.75, 3.05) is 19.6 Å². The van der Waals surface area contributed by atoms with E-state index in [0.717, 1.165) is 38.9 Å². The maximum absolute atomic E-state index is 11.4. The summed E-state index contributed by atoms with van der Waals surface area (Å²) >= 11 is 0. The van der Waals surface area contributed by atoms with Crippen molar-refractivity contribution in [3.63, 3.8) is 0 Å². The highest BCUT2D eigenvalue weighted by Crippen LogP contribution is 2.30. The highest BCUT2D eigenvalue weighted by atomic mass is 16.1. The molecule has 18 heavy (non-hydrogen) atoms. The van der Waals surface area contributed by atoms with Crippen LogP contribution in [0.1, 0.15) is 25.3 Å². The van der Waals surface area contributed by atoms with Gasteiger partial charge in [-0.25, -0.2) is 0 Å². The largest absolute Gasteiger partial charge is 0.369 e. The molecule has 98 valence electrons. The number of piperidine rings is 1. The molecular formula is C15H22N2O. The third-order valence-corrected chi connectivity index (χ3v) is 4.11. The fourth-order valence-corrected chi connectivity index (χ4v) is 2.45. The van der Waals surface area contributed by atoms with Crippen molar-refractivity contribution in [3.05, 3.63) is 35.9 Å². The molecule has 2 rings (SSSR count). The molecule has 1 aromatic carbocycles. The molecule has 0 radical (unpaired) electrons. The Hall–Kier alpha value is -1.35. The molecule has 0 bridgehead atoms. The smallest absolute Gasteiger partial charge is 0.223 e. The van der Waals surface area contributed by atoms with Crippen molar-refractivity contribution in [1.29, 1.82) is 0 Å². The molecule has 0 aromatic heterocycles. The van der Waals surface area contributed by atoms with Crippen molar-refractivity contribution in [2.24, 2.45) is 11.1 Å². The van der Waals surface area contributed by atoms with Gasteiger partial charge in [0.15, 0.2) is 0 Å². The Morgan fingerprint density at radius 3 is 2.44 bits per heavy atom. The molecule has 0 spiro atoms. The Kier molecular flexibility index (Phi) is 4.02. The van der Waals surface area contributed by atoms with E-state index in [1.54, 1.807) is 0 Å². The highest BCUT2D eigenvalue weighted by Gasteiger charge is 2.34. The molecule has 2 N–H and O–H groups in total. The van der Waals surface area contributed by atoms with Gasteiger partial charge < -0.3 is 10.6 Å². The number of nitrogens with zero attached hydrogens (tertiary/aromatic N) is 1. The Balaban J connectivity index is 1.79. The number of benzene rings is 1. The summed E-state index contributed by atoms with van der Waals surface area (Å²) in [6.45, 7) is 5.02. The lowest BCUT2D eigenvalue weighted by Gasteiger charge is -2.37. The minimum atomic E-state index is -0.288. The van der Waals surface area contributed by atoms with Crippen molar-refractivity contribution in [1.82, 2.24) is 4.90 Å². The van der Waals surface area contributed by atoms with Crippen molar-refractivity contribution >= 4 is 5.91 Å². The summed E-state index contributed by atoms with van der Waals surface area (Å²) in [6, 6.07) is 10.5. The van der Waals surface area contributed by atoms with Crippen LogP contribution in [0.4, 0.5) is 0 Å². The predicted molar refractivity (Wildman–Crippen MR) is 73.1 cm³/mol. The Bertz CT molecular complexity index is 394. The standard InChI is InChI=1S/C15H22N2O/c1-15(14(16)18)8-11-17(12-9-15)10-7-13-5-3-2-4-6-13/h2-6H,7-12H2,1H3,(H2,16,18). The van der Waals surface area contributed by atoms with Crippen LogP contribution in [-0.2, 0) is 11.2 Å². The van der Waals surface area contributed by atoms with Gasteiger partial charge in [0.2, 0.25) is 5.91 Å². The molecule has 3 heteroatoms. The average molecular weight is 246 g/mol. The number of likely N-dealkylation sites (tertiary alicyclic amines) is 1. The second-order valence-corrected chi connectivity index (χ2v) is 5.50. The van der Waals surface area contributed by atoms with Crippen LogP contribution >= 0.6 is 0 Å². The zero-order valence-corrected chi connectivity index (χ0v) is 11.1. The van der Waals surface area contributed by atoms with Gasteiger partial charge in [-0.15, -0.1) is 0 Å². The molecule has 3 nitrogen and oxygen atoms in total. The highest BCUT2D eigenvalue weighted by molar-refractivity contribution is 5.80. The minimum Gasteiger partial charge on any atom is -0.369 e. The van der Waals surface area contributed by atoms with Gasteiger partial charge in [0.1, 0.15) is 0 Å². The zero-order valence-electron chi connectivity index (χ0n) is 11.1. The normalized spacial score (nSPS) is 19.6. The molecule has 1 heterocycles. The van der Waals surface area contributed by atoms with Crippen molar-refractivity contribution < 1.29 is 4.79 Å². The van der Waals surface area contributed by atoms with Crippen LogP contribution in [-0.4, -0.2) is 30.4 Å². The molecule has 1 fully saturated rings. The second kappa shape index (κ2) is 5.53. The number of hydrogen-bond acceptors (Lipinski definition) is 2. The predicted octanol–water partition coefficient (Wildman–Crippen LogP) is 1.82. The van der Waals surface area contributed by atoms with E-state index in [1.807, 2.05) is 13.0 Å². The Morgan fingerprint density at radius 2 is 1.89 bits per heavy atom. The topological polar surface area (TPSA) is 46.3 Å². The molecular weight excluding hydrogens is 224 g/mol. The van der Waals surface area contributed by atoms with E-state index in [4.69, 9.17) is 5.73 Å². The fourth-order valence-electron chi connectivity index (χ4n) is 2.45. The molecule has 0 atom stereocenters. The van der Waals surface area contributed by atoms with E-state index in [2.05, 4.69) is 29.2 Å². The van der Waals surface area contributed by atoms with Crippen LogP contribution < -0.4 is 5.73 Å². The van der Waals surface area contributed by atoms with Gasteiger partial charge in [-0.2, -0.15) is 0 Å². The first-order valence-electron chi connectivity index (χ1n) is 6.66. The first-order valence-corrected chi connectivity index (χ1v) is 6.66. The summed E-state index contributed by atoms with van der Waals surface area (Å²) < 4.78 is 0. The van der Waals surface area contributed by atoms with E-state index < -0.39 is 0 Å². The lowest BCUT2D eigenvalue weighted by Crippen LogP contribution is -2.45. The number of carbonyl (C=O) groups is 1. The first kappa shape index (κ1) is 13.1. The SMILES string of the molecule is CC1(C(N)=O)CCN(CCc2ccccc2)CC1. The molecule has 1 amide bonds. The Labute approximate surface area is 109 Å². The van der Waals surface area contributed by atoms with Gasteiger partial charge in [0, 0.05) is 12.0 Å². The van der Waals surface area contributed by atoms with E-state index >= 15 is 0 Å². The number of primary amides is 1. The van der Waals surface area contributed by atoms with Crippen LogP contribution in [0.15, 0.2) is 30.3 Å². The lowest BCUT2D eigenvalue weighted by molar-refractivity contribution is -0.129. The van der Waals surface area contributed by atoms with E-state index in [0.29, 0.717) is 0 Å². The minimum absolute atomic E-state index is 0.148. The molecule has 0 aliphatic carbocycles. The first-order chi connectivity index (χ1) is 8.60. The van der Waals surface area contributed by atoms with Gasteiger partial charge in [-0.1, -0.05) is 37.3 Å². The van der Waals surface area contributed by atoms with Crippen molar-refractivity contribution in [2.45, 2.75) is 26.2 Å². The van der Waals surface area contributed by atoms with E-state index in [9.17, 15) is 4.79 Å². The number of rotatable bonds is 4. The number of amides is 1. The van der Waals surface area contributed by atoms with E-state index in [-0.39, 0.29) is 11.3 Å². The molecule has 1 aromatic rings. The third-order valence-electron chi connectivity index (χ3n) is 4.11. The number of carbonyl (C=O) groups excluding carboxylic acids is 1. The molecule has 1 saturated heterocycles. The number of nitrogens with two attached hydrogens (primary N) is 1. The zero-order chi connectivity index (χ0) is 13.0. The third kappa shape index (κ3) is 3.10. The van der Waals surface area contributed by atoms with Crippen molar-refractivity contribution in [3.8, 4) is 0 Å². The van der Waals surface area contributed by atoms with E-state index in [1.165, 1.54) is 5.56 Å². The summed E-state index contributed by atoms with van der Waals surface area (Å²) in [4.78, 5) is 13.8. The maximum Gasteiger partial charge on any atom is 0.223 e. The molecule has 0 unspecified atom stereocenters. The number of hydrogen-bond donors (Lipinski definition) is 1. The van der Waals surface area contributed by atoms with Crippen LogP contribution in [0, 0.1) is 5.41 Å². The summed E-state index contributed by atoms with van der Waals surface area (Å²) in [5.41, 5.74) is 6.54. The van der Waals surface area contributed by atoms with Crippen LogP contribution in [0.5, 0.6) is 0 Å². The van der Waals surface area contributed by atoms with Gasteiger partial charge in [-0.3, -0.25) is 4.79 Å². The van der Waals surface area contributed by atoms with Gasteiger partial charge in [0.25, 0.3) is 0 Å². The van der Waals surface area contributed by atoms with Gasteiger partial charge in [0.05, 0.1) is 0 Å². The summed E-state index contributed by atoms with van der Waals surface area (Å²) in [7, 11) is 0. The Morgan fingerprint density at radius 1 is 1.28 bits per heavy atom.